The molecule has 0 saturated carbocycles. The second-order valence-electron chi connectivity index (χ2n) is 4.10. The highest BCUT2D eigenvalue weighted by Crippen LogP contribution is 2.28. The van der Waals surface area contributed by atoms with Gasteiger partial charge in [-0.05, 0) is 24.6 Å². The van der Waals surface area contributed by atoms with Crippen LogP contribution in [-0.2, 0) is 0 Å². The van der Waals surface area contributed by atoms with Crippen LogP contribution in [0.4, 0.5) is 11.4 Å². The van der Waals surface area contributed by atoms with Gasteiger partial charge in [0.2, 0.25) is 0 Å². The molecule has 1 aromatic heterocycles. The average molecular weight is 257 g/mol. The quantitative estimate of drug-likeness (QED) is 0.859. The number of benzene rings is 1. The molecule has 92 valence electrons. The van der Waals surface area contributed by atoms with Crippen molar-refractivity contribution < 1.29 is 0 Å². The average Bonchev–Trinajstić information content (AvgIpc) is 2.38. The summed E-state index contributed by atoms with van der Waals surface area (Å²) in [5.74, 6) is 0. The SMILES string of the molecule is Cc1ccccc1N(C)c1cnccc1C(N)=S. The van der Waals surface area contributed by atoms with E-state index in [1.54, 1.807) is 12.4 Å². The standard InChI is InChI=1S/C14H15N3S/c1-10-5-3-4-6-12(10)17(2)13-9-16-8-7-11(13)14(15)18/h3-9H,1-2H3,(H2,15,18). The summed E-state index contributed by atoms with van der Waals surface area (Å²) in [5, 5.41) is 0. The number of nitrogens with two attached hydrogens (primary N) is 1. The summed E-state index contributed by atoms with van der Waals surface area (Å²) in [5.41, 5.74) is 9.81. The van der Waals surface area contributed by atoms with Crippen molar-refractivity contribution in [2.24, 2.45) is 5.73 Å². The van der Waals surface area contributed by atoms with Gasteiger partial charge in [-0.3, -0.25) is 4.98 Å². The third-order valence-corrected chi connectivity index (χ3v) is 3.12. The zero-order valence-electron chi connectivity index (χ0n) is 10.4. The summed E-state index contributed by atoms with van der Waals surface area (Å²) < 4.78 is 0. The molecular formula is C14H15N3S. The van der Waals surface area contributed by atoms with Crippen molar-refractivity contribution >= 4 is 28.6 Å². The first-order chi connectivity index (χ1) is 8.61. The highest BCUT2D eigenvalue weighted by molar-refractivity contribution is 7.80. The van der Waals surface area contributed by atoms with Gasteiger partial charge in [0.15, 0.2) is 0 Å². The predicted octanol–water partition coefficient (Wildman–Crippen LogP) is 2.79. The Bertz CT molecular complexity index is 581. The summed E-state index contributed by atoms with van der Waals surface area (Å²) >= 11 is 5.07. The molecule has 1 aromatic carbocycles. The Morgan fingerprint density at radius 2 is 1.94 bits per heavy atom. The zero-order chi connectivity index (χ0) is 13.1. The van der Waals surface area contributed by atoms with Crippen molar-refractivity contribution in [1.82, 2.24) is 4.98 Å². The fourth-order valence-corrected chi connectivity index (χ4v) is 2.10. The maximum Gasteiger partial charge on any atom is 0.106 e. The fraction of sp³-hybridized carbons (Fsp3) is 0.143. The molecule has 0 aliphatic carbocycles. The van der Waals surface area contributed by atoms with E-state index in [4.69, 9.17) is 18.0 Å². The lowest BCUT2D eigenvalue weighted by molar-refractivity contribution is 1.15. The number of hydrogen-bond acceptors (Lipinski definition) is 3. The minimum absolute atomic E-state index is 0.382. The summed E-state index contributed by atoms with van der Waals surface area (Å²) in [4.78, 5) is 6.58. The normalized spacial score (nSPS) is 10.1. The molecule has 0 aliphatic heterocycles. The maximum absolute atomic E-state index is 5.75. The minimum atomic E-state index is 0.382. The minimum Gasteiger partial charge on any atom is -0.389 e. The third-order valence-electron chi connectivity index (χ3n) is 2.90. The number of hydrogen-bond donors (Lipinski definition) is 1. The number of pyridine rings is 1. The van der Waals surface area contributed by atoms with E-state index in [9.17, 15) is 0 Å². The largest absolute Gasteiger partial charge is 0.389 e. The van der Waals surface area contributed by atoms with E-state index in [-0.39, 0.29) is 0 Å². The van der Waals surface area contributed by atoms with Crippen LogP contribution in [0.25, 0.3) is 0 Å². The van der Waals surface area contributed by atoms with E-state index in [0.717, 1.165) is 16.9 Å². The van der Waals surface area contributed by atoms with Crippen LogP contribution < -0.4 is 10.6 Å². The monoisotopic (exact) mass is 257 g/mol. The summed E-state index contributed by atoms with van der Waals surface area (Å²) in [6, 6.07) is 10.0. The first-order valence-electron chi connectivity index (χ1n) is 5.64. The van der Waals surface area contributed by atoms with Gasteiger partial charge < -0.3 is 10.6 Å². The molecule has 2 aromatic rings. The molecule has 2 N–H and O–H groups in total. The lowest BCUT2D eigenvalue weighted by Gasteiger charge is -2.23. The number of aryl methyl sites for hydroxylation is 1. The molecule has 0 fully saturated rings. The van der Waals surface area contributed by atoms with E-state index in [1.807, 2.05) is 25.2 Å². The van der Waals surface area contributed by atoms with E-state index < -0.39 is 0 Å². The van der Waals surface area contributed by atoms with Gasteiger partial charge in [0.1, 0.15) is 4.99 Å². The molecule has 0 spiro atoms. The Morgan fingerprint density at radius 1 is 1.22 bits per heavy atom. The Morgan fingerprint density at radius 3 is 2.61 bits per heavy atom. The highest BCUT2D eigenvalue weighted by atomic mass is 32.1. The smallest absolute Gasteiger partial charge is 0.106 e. The van der Waals surface area contributed by atoms with Crippen LogP contribution in [-0.4, -0.2) is 17.0 Å². The van der Waals surface area contributed by atoms with E-state index in [0.29, 0.717) is 4.99 Å². The van der Waals surface area contributed by atoms with Crippen molar-refractivity contribution in [3.05, 3.63) is 53.9 Å². The number of para-hydroxylation sites is 1. The Kier molecular flexibility index (Phi) is 3.58. The molecule has 18 heavy (non-hydrogen) atoms. The van der Waals surface area contributed by atoms with Crippen molar-refractivity contribution in [2.75, 3.05) is 11.9 Å². The van der Waals surface area contributed by atoms with E-state index >= 15 is 0 Å². The number of nitrogens with zero attached hydrogens (tertiary/aromatic N) is 2. The van der Waals surface area contributed by atoms with Gasteiger partial charge in [0.25, 0.3) is 0 Å². The van der Waals surface area contributed by atoms with Crippen molar-refractivity contribution in [3.63, 3.8) is 0 Å². The van der Waals surface area contributed by atoms with Gasteiger partial charge in [0.05, 0.1) is 11.9 Å². The van der Waals surface area contributed by atoms with Gasteiger partial charge in [-0.25, -0.2) is 0 Å². The lowest BCUT2D eigenvalue weighted by atomic mass is 10.1. The second-order valence-corrected chi connectivity index (χ2v) is 4.54. The highest BCUT2D eigenvalue weighted by Gasteiger charge is 2.12. The molecule has 0 unspecified atom stereocenters. The Balaban J connectivity index is 2.50. The van der Waals surface area contributed by atoms with Gasteiger partial charge in [-0.15, -0.1) is 0 Å². The first-order valence-corrected chi connectivity index (χ1v) is 6.05. The molecule has 0 saturated heterocycles. The van der Waals surface area contributed by atoms with Crippen molar-refractivity contribution in [2.45, 2.75) is 6.92 Å². The molecule has 0 bridgehead atoms. The van der Waals surface area contributed by atoms with Crippen molar-refractivity contribution in [3.8, 4) is 0 Å². The molecule has 0 atom stereocenters. The van der Waals surface area contributed by atoms with Crippen LogP contribution in [0.1, 0.15) is 11.1 Å². The lowest BCUT2D eigenvalue weighted by Crippen LogP contribution is -2.18. The fourth-order valence-electron chi connectivity index (χ4n) is 1.93. The van der Waals surface area contributed by atoms with E-state index in [1.165, 1.54) is 5.56 Å². The van der Waals surface area contributed by atoms with Gasteiger partial charge in [-0.2, -0.15) is 0 Å². The number of thiocarbonyl (C=S) groups is 1. The van der Waals surface area contributed by atoms with Gasteiger partial charge in [0, 0.05) is 24.5 Å². The number of rotatable bonds is 3. The summed E-state index contributed by atoms with van der Waals surface area (Å²) in [7, 11) is 1.99. The molecule has 0 amide bonds. The first kappa shape index (κ1) is 12.5. The van der Waals surface area contributed by atoms with Crippen LogP contribution >= 0.6 is 12.2 Å². The molecule has 0 radical (unpaired) electrons. The zero-order valence-corrected chi connectivity index (χ0v) is 11.2. The van der Waals surface area contributed by atoms with E-state index in [2.05, 4.69) is 28.9 Å². The number of anilines is 2. The predicted molar refractivity (Wildman–Crippen MR) is 79.4 cm³/mol. The maximum atomic E-state index is 5.75. The summed E-state index contributed by atoms with van der Waals surface area (Å²) in [6.45, 7) is 2.07. The third kappa shape index (κ3) is 2.33. The Labute approximate surface area is 112 Å². The molecular weight excluding hydrogens is 242 g/mol. The second kappa shape index (κ2) is 5.14. The number of aromatic nitrogens is 1. The molecule has 3 nitrogen and oxygen atoms in total. The van der Waals surface area contributed by atoms with Crippen LogP contribution in [0.3, 0.4) is 0 Å². The van der Waals surface area contributed by atoms with Gasteiger partial charge in [-0.1, -0.05) is 30.4 Å². The topological polar surface area (TPSA) is 42.2 Å². The van der Waals surface area contributed by atoms with Crippen molar-refractivity contribution in [1.29, 1.82) is 0 Å². The van der Waals surface area contributed by atoms with Gasteiger partial charge >= 0.3 is 0 Å². The molecule has 4 heteroatoms. The van der Waals surface area contributed by atoms with Crippen LogP contribution in [0, 0.1) is 6.92 Å². The van der Waals surface area contributed by atoms with Crippen LogP contribution in [0.15, 0.2) is 42.7 Å². The Hall–Kier alpha value is -1.94. The molecule has 0 aliphatic rings. The summed E-state index contributed by atoms with van der Waals surface area (Å²) in [6.07, 6.45) is 3.48. The molecule has 2 rings (SSSR count). The van der Waals surface area contributed by atoms with Crippen LogP contribution in [0.2, 0.25) is 0 Å². The molecule has 1 heterocycles. The van der Waals surface area contributed by atoms with Crippen LogP contribution in [0.5, 0.6) is 0 Å².